The van der Waals surface area contributed by atoms with Crippen LogP contribution in [0, 0.1) is 5.41 Å². The quantitative estimate of drug-likeness (QED) is 0.821. The highest BCUT2D eigenvalue weighted by molar-refractivity contribution is 5.83. The van der Waals surface area contributed by atoms with Gasteiger partial charge in [-0.1, -0.05) is 26.2 Å². The first-order chi connectivity index (χ1) is 8.58. The van der Waals surface area contributed by atoms with Crippen LogP contribution >= 0.6 is 0 Å². The molecule has 1 amide bonds. The maximum atomic E-state index is 12.9. The predicted octanol–water partition coefficient (Wildman–Crippen LogP) is 2.69. The molecule has 0 aromatic carbocycles. The molecule has 0 spiro atoms. The fourth-order valence-electron chi connectivity index (χ4n) is 3.74. The monoisotopic (exact) mass is 252 g/mol. The van der Waals surface area contributed by atoms with Crippen LogP contribution in [0.5, 0.6) is 0 Å². The van der Waals surface area contributed by atoms with E-state index in [0.29, 0.717) is 18.5 Å². The predicted molar refractivity (Wildman–Crippen MR) is 74.2 cm³/mol. The topological polar surface area (TPSA) is 46.3 Å². The second-order valence-corrected chi connectivity index (χ2v) is 6.50. The number of rotatable bonds is 2. The molecule has 2 N–H and O–H groups in total. The van der Waals surface area contributed by atoms with Crippen molar-refractivity contribution in [2.24, 2.45) is 11.1 Å². The molecule has 3 nitrogen and oxygen atoms in total. The highest BCUT2D eigenvalue weighted by Gasteiger charge is 2.42. The normalized spacial score (nSPS) is 32.3. The van der Waals surface area contributed by atoms with E-state index in [4.69, 9.17) is 5.73 Å². The molecule has 2 aliphatic rings. The van der Waals surface area contributed by atoms with Crippen molar-refractivity contribution in [2.45, 2.75) is 77.3 Å². The Morgan fingerprint density at radius 2 is 1.89 bits per heavy atom. The van der Waals surface area contributed by atoms with Gasteiger partial charge in [0.1, 0.15) is 0 Å². The number of piperidine rings is 1. The zero-order chi connectivity index (χ0) is 13.2. The van der Waals surface area contributed by atoms with Gasteiger partial charge in [0, 0.05) is 24.0 Å². The zero-order valence-electron chi connectivity index (χ0n) is 12.0. The smallest absolute Gasteiger partial charge is 0.229 e. The fourth-order valence-corrected chi connectivity index (χ4v) is 3.74. The van der Waals surface area contributed by atoms with Crippen LogP contribution in [0.3, 0.4) is 0 Å². The molecule has 1 aliphatic heterocycles. The number of hydrogen-bond donors (Lipinski definition) is 1. The van der Waals surface area contributed by atoms with Crippen LogP contribution in [0.1, 0.15) is 65.2 Å². The molecule has 2 unspecified atom stereocenters. The summed E-state index contributed by atoms with van der Waals surface area (Å²) in [4.78, 5) is 15.1. The van der Waals surface area contributed by atoms with Gasteiger partial charge in [0.05, 0.1) is 0 Å². The Labute approximate surface area is 111 Å². The summed E-state index contributed by atoms with van der Waals surface area (Å²) in [5.41, 5.74) is 5.76. The fraction of sp³-hybridized carbons (Fsp3) is 0.933. The number of likely N-dealkylation sites (tertiary alicyclic amines) is 1. The average molecular weight is 252 g/mol. The van der Waals surface area contributed by atoms with Gasteiger partial charge in [0.25, 0.3) is 0 Å². The van der Waals surface area contributed by atoms with Crippen molar-refractivity contribution in [3.8, 4) is 0 Å². The number of amides is 1. The Kier molecular flexibility index (Phi) is 4.31. The molecule has 0 radical (unpaired) electrons. The lowest BCUT2D eigenvalue weighted by Crippen LogP contribution is -2.56. The van der Waals surface area contributed by atoms with Crippen molar-refractivity contribution >= 4 is 5.91 Å². The van der Waals surface area contributed by atoms with Crippen LogP contribution in [0.2, 0.25) is 0 Å². The van der Waals surface area contributed by atoms with Crippen LogP contribution in [0.25, 0.3) is 0 Å². The third-order valence-corrected chi connectivity index (χ3v) is 5.01. The van der Waals surface area contributed by atoms with Crippen LogP contribution in [0.4, 0.5) is 0 Å². The Morgan fingerprint density at radius 1 is 1.22 bits per heavy atom. The molecular formula is C15H28N2O. The van der Waals surface area contributed by atoms with Crippen molar-refractivity contribution in [3.63, 3.8) is 0 Å². The third-order valence-electron chi connectivity index (χ3n) is 5.01. The lowest BCUT2D eigenvalue weighted by molar-refractivity contribution is -0.149. The Morgan fingerprint density at radius 3 is 2.50 bits per heavy atom. The minimum Gasteiger partial charge on any atom is -0.335 e. The van der Waals surface area contributed by atoms with E-state index >= 15 is 0 Å². The van der Waals surface area contributed by atoms with Crippen LogP contribution in [0.15, 0.2) is 0 Å². The first-order valence-corrected chi connectivity index (χ1v) is 7.61. The minimum absolute atomic E-state index is 0.114. The number of carbonyl (C=O) groups is 1. The molecule has 0 aromatic heterocycles. The van der Waals surface area contributed by atoms with Gasteiger partial charge in [0.15, 0.2) is 0 Å². The summed E-state index contributed by atoms with van der Waals surface area (Å²) in [6.07, 6.45) is 9.26. The van der Waals surface area contributed by atoms with Crippen molar-refractivity contribution in [2.75, 3.05) is 6.54 Å². The van der Waals surface area contributed by atoms with Gasteiger partial charge in [-0.3, -0.25) is 4.79 Å². The van der Waals surface area contributed by atoms with E-state index < -0.39 is 0 Å². The minimum atomic E-state index is -0.114. The molecule has 0 aromatic rings. The summed E-state index contributed by atoms with van der Waals surface area (Å²) < 4.78 is 0. The number of nitrogens with zero attached hydrogens (tertiary/aromatic N) is 1. The lowest BCUT2D eigenvalue weighted by Gasteiger charge is -2.46. The Bertz CT molecular complexity index is 297. The first-order valence-electron chi connectivity index (χ1n) is 7.61. The highest BCUT2D eigenvalue weighted by atomic mass is 16.2. The summed E-state index contributed by atoms with van der Waals surface area (Å²) in [6.45, 7) is 4.97. The van der Waals surface area contributed by atoms with Crippen LogP contribution in [-0.4, -0.2) is 29.4 Å². The second-order valence-electron chi connectivity index (χ2n) is 6.50. The van der Waals surface area contributed by atoms with E-state index in [1.165, 1.54) is 25.7 Å². The molecule has 0 bridgehead atoms. The maximum Gasteiger partial charge on any atom is 0.229 e. The molecule has 2 rings (SSSR count). The van der Waals surface area contributed by atoms with Gasteiger partial charge in [0.2, 0.25) is 5.91 Å². The molecule has 2 fully saturated rings. The molecule has 1 heterocycles. The molecule has 2 atom stereocenters. The van der Waals surface area contributed by atoms with E-state index in [9.17, 15) is 4.79 Å². The van der Waals surface area contributed by atoms with E-state index in [0.717, 1.165) is 25.7 Å². The largest absolute Gasteiger partial charge is 0.335 e. The van der Waals surface area contributed by atoms with Crippen molar-refractivity contribution in [1.82, 2.24) is 4.90 Å². The molecule has 1 saturated carbocycles. The van der Waals surface area contributed by atoms with Crippen molar-refractivity contribution < 1.29 is 4.79 Å². The highest BCUT2D eigenvalue weighted by Crippen LogP contribution is 2.39. The van der Waals surface area contributed by atoms with Gasteiger partial charge in [-0.15, -0.1) is 0 Å². The number of nitrogens with two attached hydrogens (primary N) is 1. The summed E-state index contributed by atoms with van der Waals surface area (Å²) in [5.74, 6) is 0.379. The van der Waals surface area contributed by atoms with Crippen molar-refractivity contribution in [3.05, 3.63) is 0 Å². The molecular weight excluding hydrogens is 224 g/mol. The molecule has 3 heteroatoms. The van der Waals surface area contributed by atoms with Gasteiger partial charge in [-0.2, -0.15) is 0 Å². The molecule has 18 heavy (non-hydrogen) atoms. The number of hydrogen-bond acceptors (Lipinski definition) is 2. The second kappa shape index (κ2) is 5.60. The summed E-state index contributed by atoms with van der Waals surface area (Å²) in [6, 6.07) is 0.651. The first kappa shape index (κ1) is 13.9. The van der Waals surface area contributed by atoms with Crippen LogP contribution < -0.4 is 5.73 Å². The van der Waals surface area contributed by atoms with Crippen LogP contribution in [-0.2, 0) is 4.79 Å². The Balaban J connectivity index is 2.14. The Hall–Kier alpha value is -0.570. The lowest BCUT2D eigenvalue weighted by atomic mass is 9.73. The van der Waals surface area contributed by atoms with Gasteiger partial charge in [-0.25, -0.2) is 0 Å². The van der Waals surface area contributed by atoms with Gasteiger partial charge >= 0.3 is 0 Å². The zero-order valence-corrected chi connectivity index (χ0v) is 12.0. The molecule has 1 aliphatic carbocycles. The summed E-state index contributed by atoms with van der Waals surface area (Å²) in [7, 11) is 0. The maximum absolute atomic E-state index is 12.9. The van der Waals surface area contributed by atoms with Gasteiger partial charge in [-0.05, 0) is 39.0 Å². The van der Waals surface area contributed by atoms with E-state index in [1.54, 1.807) is 0 Å². The van der Waals surface area contributed by atoms with Crippen molar-refractivity contribution in [1.29, 1.82) is 0 Å². The standard InChI is InChI=1S/C15H28N2O/c1-12-7-6-8-13(11-16)17(12)14(18)15(2)9-4-3-5-10-15/h12-13H,3-11,16H2,1-2H3. The SMILES string of the molecule is CC1CCCC(CN)N1C(=O)C1(C)CCCCC1. The molecule has 1 saturated heterocycles. The van der Waals surface area contributed by atoms with E-state index in [1.807, 2.05) is 0 Å². The summed E-state index contributed by atoms with van der Waals surface area (Å²) >= 11 is 0. The molecule has 104 valence electrons. The van der Waals surface area contributed by atoms with E-state index in [-0.39, 0.29) is 11.5 Å². The van der Waals surface area contributed by atoms with E-state index in [2.05, 4.69) is 18.7 Å². The summed E-state index contributed by atoms with van der Waals surface area (Å²) in [5, 5.41) is 0. The third kappa shape index (κ3) is 2.56. The number of carbonyl (C=O) groups excluding carboxylic acids is 1. The average Bonchev–Trinajstić information content (AvgIpc) is 2.38. The van der Waals surface area contributed by atoms with Gasteiger partial charge < -0.3 is 10.6 Å².